The van der Waals surface area contributed by atoms with Crippen molar-refractivity contribution in [3.8, 4) is 0 Å². The lowest BCUT2D eigenvalue weighted by Crippen LogP contribution is -2.49. The first-order chi connectivity index (χ1) is 14.8. The Morgan fingerprint density at radius 1 is 1.03 bits per heavy atom. The van der Waals surface area contributed by atoms with E-state index in [9.17, 15) is 13.2 Å². The van der Waals surface area contributed by atoms with E-state index >= 15 is 0 Å². The number of aryl methyl sites for hydroxylation is 2. The molecule has 0 N–H and O–H groups in total. The number of carbonyl (C=O) groups excluding carboxylic acids is 1. The fraction of sp³-hybridized carbons (Fsp3) is 0.391. The summed E-state index contributed by atoms with van der Waals surface area (Å²) in [7, 11) is -3.22. The van der Waals surface area contributed by atoms with Crippen molar-refractivity contribution in [2.24, 2.45) is 0 Å². The number of fused-ring (bicyclic) bond motifs is 1. The van der Waals surface area contributed by atoms with Gasteiger partial charge in [0.15, 0.2) is 15.0 Å². The molecule has 2 aromatic carbocycles. The number of benzene rings is 2. The van der Waals surface area contributed by atoms with Gasteiger partial charge in [0, 0.05) is 26.2 Å². The van der Waals surface area contributed by atoms with Gasteiger partial charge in [-0.3, -0.25) is 4.79 Å². The van der Waals surface area contributed by atoms with Gasteiger partial charge in [-0.25, -0.2) is 13.4 Å². The number of anilines is 1. The van der Waals surface area contributed by atoms with Gasteiger partial charge in [0.1, 0.15) is 0 Å². The van der Waals surface area contributed by atoms with Gasteiger partial charge in [-0.2, -0.15) is 0 Å². The van der Waals surface area contributed by atoms with Gasteiger partial charge in [-0.05, 0) is 54.8 Å². The molecule has 3 aromatic rings. The number of piperazine rings is 1. The standard InChI is InChI=1S/C23H27N3O3S2/c1-4-31(28,29)19-7-5-18(6-8-19)15-22(27)25-9-11-26(12-10-25)23-24-20-13-16(2)17(3)14-21(20)30-23/h5-8,13-14H,4,9-12,15H2,1-3H3. The molecule has 1 saturated heterocycles. The van der Waals surface area contributed by atoms with E-state index in [1.807, 2.05) is 4.90 Å². The first kappa shape index (κ1) is 21.8. The fourth-order valence-electron chi connectivity index (χ4n) is 3.72. The number of rotatable bonds is 5. The summed E-state index contributed by atoms with van der Waals surface area (Å²) in [6.45, 7) is 8.70. The molecule has 0 radical (unpaired) electrons. The number of amides is 1. The van der Waals surface area contributed by atoms with E-state index in [1.165, 1.54) is 15.8 Å². The average Bonchev–Trinajstić information content (AvgIpc) is 3.17. The SMILES string of the molecule is CCS(=O)(=O)c1ccc(CC(=O)N2CCN(c3nc4cc(C)c(C)cc4s3)CC2)cc1. The quantitative estimate of drug-likeness (QED) is 0.586. The van der Waals surface area contributed by atoms with Crippen molar-refractivity contribution in [2.75, 3.05) is 36.8 Å². The maximum absolute atomic E-state index is 12.7. The van der Waals surface area contributed by atoms with Crippen LogP contribution in [0.1, 0.15) is 23.6 Å². The summed E-state index contributed by atoms with van der Waals surface area (Å²) < 4.78 is 25.1. The Hall–Kier alpha value is -2.45. The van der Waals surface area contributed by atoms with E-state index < -0.39 is 9.84 Å². The Labute approximate surface area is 187 Å². The first-order valence-electron chi connectivity index (χ1n) is 10.5. The summed E-state index contributed by atoms with van der Waals surface area (Å²) in [5, 5.41) is 1.01. The predicted octanol–water partition coefficient (Wildman–Crippen LogP) is 3.60. The Bertz CT molecular complexity index is 1170. The van der Waals surface area contributed by atoms with Gasteiger partial charge in [0.25, 0.3) is 0 Å². The van der Waals surface area contributed by atoms with Gasteiger partial charge in [0.05, 0.1) is 27.3 Å². The van der Waals surface area contributed by atoms with Gasteiger partial charge in [0.2, 0.25) is 5.91 Å². The zero-order valence-electron chi connectivity index (χ0n) is 18.1. The highest BCUT2D eigenvalue weighted by atomic mass is 32.2. The molecule has 31 heavy (non-hydrogen) atoms. The molecule has 6 nitrogen and oxygen atoms in total. The van der Waals surface area contributed by atoms with Crippen LogP contribution in [0.2, 0.25) is 0 Å². The number of hydrogen-bond acceptors (Lipinski definition) is 6. The maximum Gasteiger partial charge on any atom is 0.227 e. The molecule has 0 atom stereocenters. The highest BCUT2D eigenvalue weighted by Gasteiger charge is 2.23. The third-order valence-electron chi connectivity index (χ3n) is 5.91. The van der Waals surface area contributed by atoms with E-state index in [2.05, 4.69) is 30.9 Å². The monoisotopic (exact) mass is 457 g/mol. The molecule has 1 amide bonds. The molecule has 0 saturated carbocycles. The molecule has 4 rings (SSSR count). The summed E-state index contributed by atoms with van der Waals surface area (Å²) in [4.78, 5) is 22.0. The minimum atomic E-state index is -3.22. The van der Waals surface area contributed by atoms with Crippen molar-refractivity contribution in [1.82, 2.24) is 9.88 Å². The van der Waals surface area contributed by atoms with E-state index in [4.69, 9.17) is 4.98 Å². The Morgan fingerprint density at radius 3 is 2.32 bits per heavy atom. The van der Waals surface area contributed by atoms with Crippen molar-refractivity contribution in [3.63, 3.8) is 0 Å². The summed E-state index contributed by atoms with van der Waals surface area (Å²) in [6, 6.07) is 11.0. The largest absolute Gasteiger partial charge is 0.345 e. The van der Waals surface area contributed by atoms with Crippen molar-refractivity contribution in [1.29, 1.82) is 0 Å². The smallest absolute Gasteiger partial charge is 0.227 e. The van der Waals surface area contributed by atoms with Crippen molar-refractivity contribution in [3.05, 3.63) is 53.1 Å². The maximum atomic E-state index is 12.7. The van der Waals surface area contributed by atoms with Gasteiger partial charge in [-0.15, -0.1) is 0 Å². The molecular formula is C23H27N3O3S2. The summed E-state index contributed by atoms with van der Waals surface area (Å²) in [5.74, 6) is 0.143. The summed E-state index contributed by atoms with van der Waals surface area (Å²) >= 11 is 1.71. The second-order valence-electron chi connectivity index (χ2n) is 7.99. The van der Waals surface area contributed by atoms with Crippen LogP contribution in [0.15, 0.2) is 41.3 Å². The van der Waals surface area contributed by atoms with Crippen molar-refractivity contribution >= 4 is 42.4 Å². The van der Waals surface area contributed by atoms with Gasteiger partial charge in [-0.1, -0.05) is 30.4 Å². The van der Waals surface area contributed by atoms with Crippen LogP contribution in [-0.4, -0.2) is 56.1 Å². The van der Waals surface area contributed by atoms with E-state index in [1.54, 1.807) is 42.5 Å². The summed E-state index contributed by atoms with van der Waals surface area (Å²) in [6.07, 6.45) is 0.284. The minimum Gasteiger partial charge on any atom is -0.345 e. The minimum absolute atomic E-state index is 0.0706. The molecule has 164 valence electrons. The van der Waals surface area contributed by atoms with Crippen LogP contribution in [0.3, 0.4) is 0 Å². The highest BCUT2D eigenvalue weighted by Crippen LogP contribution is 2.31. The molecule has 2 heterocycles. The molecule has 1 aromatic heterocycles. The average molecular weight is 458 g/mol. The van der Waals surface area contributed by atoms with Crippen LogP contribution in [0.25, 0.3) is 10.2 Å². The van der Waals surface area contributed by atoms with E-state index in [-0.39, 0.29) is 18.1 Å². The van der Waals surface area contributed by atoms with Crippen LogP contribution in [0.5, 0.6) is 0 Å². The molecule has 0 aliphatic carbocycles. The third-order valence-corrected chi connectivity index (χ3v) is 8.74. The topological polar surface area (TPSA) is 70.6 Å². The molecule has 1 fully saturated rings. The first-order valence-corrected chi connectivity index (χ1v) is 13.0. The summed E-state index contributed by atoms with van der Waals surface area (Å²) in [5.41, 5.74) is 4.40. The van der Waals surface area contributed by atoms with E-state index in [0.717, 1.165) is 29.3 Å². The van der Waals surface area contributed by atoms with Crippen LogP contribution in [0.4, 0.5) is 5.13 Å². The van der Waals surface area contributed by atoms with Crippen LogP contribution in [0, 0.1) is 13.8 Å². The number of carbonyl (C=O) groups is 1. The second-order valence-corrected chi connectivity index (χ2v) is 11.3. The lowest BCUT2D eigenvalue weighted by Gasteiger charge is -2.34. The lowest BCUT2D eigenvalue weighted by atomic mass is 10.1. The second kappa shape index (κ2) is 8.59. The third kappa shape index (κ3) is 4.60. The molecular weight excluding hydrogens is 430 g/mol. The van der Waals surface area contributed by atoms with Crippen LogP contribution in [-0.2, 0) is 21.1 Å². The van der Waals surface area contributed by atoms with Crippen molar-refractivity contribution < 1.29 is 13.2 Å². The highest BCUT2D eigenvalue weighted by molar-refractivity contribution is 7.91. The molecule has 0 spiro atoms. The number of nitrogens with zero attached hydrogens (tertiary/aromatic N) is 3. The Balaban J connectivity index is 1.37. The predicted molar refractivity (Wildman–Crippen MR) is 126 cm³/mol. The number of thiazole rings is 1. The number of sulfone groups is 1. The molecule has 0 bridgehead atoms. The molecule has 1 aliphatic heterocycles. The molecule has 8 heteroatoms. The van der Waals surface area contributed by atoms with E-state index in [0.29, 0.717) is 18.0 Å². The van der Waals surface area contributed by atoms with Crippen LogP contribution >= 0.6 is 11.3 Å². The van der Waals surface area contributed by atoms with Crippen molar-refractivity contribution in [2.45, 2.75) is 32.1 Å². The lowest BCUT2D eigenvalue weighted by molar-refractivity contribution is -0.130. The number of aromatic nitrogens is 1. The number of hydrogen-bond donors (Lipinski definition) is 0. The zero-order chi connectivity index (χ0) is 22.2. The van der Waals surface area contributed by atoms with Crippen LogP contribution < -0.4 is 4.90 Å². The molecule has 1 aliphatic rings. The normalized spacial score (nSPS) is 14.9. The van der Waals surface area contributed by atoms with Gasteiger partial charge < -0.3 is 9.80 Å². The zero-order valence-corrected chi connectivity index (χ0v) is 19.7. The Morgan fingerprint density at radius 2 is 1.68 bits per heavy atom. The molecule has 0 unspecified atom stereocenters. The Kier molecular flexibility index (Phi) is 6.03. The van der Waals surface area contributed by atoms with Gasteiger partial charge >= 0.3 is 0 Å². The fourth-order valence-corrected chi connectivity index (χ4v) is 5.70.